The molecule has 0 saturated carbocycles. The highest BCUT2D eigenvalue weighted by Crippen LogP contribution is 2.35. The number of benzene rings is 1. The lowest BCUT2D eigenvalue weighted by molar-refractivity contribution is -0.0737. The Bertz CT molecular complexity index is 491. The molecule has 1 fully saturated rings. The molecule has 2 aliphatic rings. The molecule has 0 radical (unpaired) electrons. The van der Waals surface area contributed by atoms with Crippen LogP contribution in [0, 0.1) is 0 Å². The molecule has 0 spiro atoms. The second kappa shape index (κ2) is 4.94. The number of rotatable bonds is 1. The van der Waals surface area contributed by atoms with E-state index in [2.05, 4.69) is 42.1 Å². The van der Waals surface area contributed by atoms with Crippen molar-refractivity contribution in [2.45, 2.75) is 38.5 Å². The maximum atomic E-state index is 9.30. The van der Waals surface area contributed by atoms with E-state index in [0.29, 0.717) is 0 Å². The number of fused-ring (bicyclic) bond motifs is 1. The van der Waals surface area contributed by atoms with Crippen molar-refractivity contribution >= 4 is 5.71 Å². The summed E-state index contributed by atoms with van der Waals surface area (Å²) >= 11 is 0. The highest BCUT2D eigenvalue weighted by molar-refractivity contribution is 5.96. The first kappa shape index (κ1) is 12.6. The molecular formula is C15H20N2O2. The Morgan fingerprint density at radius 3 is 2.58 bits per heavy atom. The fourth-order valence-corrected chi connectivity index (χ4v) is 3.36. The summed E-state index contributed by atoms with van der Waals surface area (Å²) in [5.41, 5.74) is 3.39. The molecule has 1 N–H and O–H groups in total. The second-order valence-electron chi connectivity index (χ2n) is 5.58. The minimum Gasteiger partial charge on any atom is -0.411 e. The average Bonchev–Trinajstić information content (AvgIpc) is 2.75. The first-order valence-corrected chi connectivity index (χ1v) is 6.87. The SMILES string of the molecule is CC1CN(C2/C(=N\O)Cc3ccccc32)CC(C)O1. The van der Waals surface area contributed by atoms with E-state index in [0.717, 1.165) is 25.2 Å². The third-order valence-electron chi connectivity index (χ3n) is 3.98. The smallest absolute Gasteiger partial charge is 0.0831 e. The van der Waals surface area contributed by atoms with Crippen LogP contribution in [-0.2, 0) is 11.2 Å². The molecule has 0 aromatic heterocycles. The summed E-state index contributed by atoms with van der Waals surface area (Å²) in [6, 6.07) is 8.46. The number of nitrogens with zero attached hydrogens (tertiary/aromatic N) is 2. The molecule has 1 aromatic rings. The van der Waals surface area contributed by atoms with E-state index in [-0.39, 0.29) is 18.2 Å². The molecule has 0 amide bonds. The topological polar surface area (TPSA) is 45.1 Å². The second-order valence-corrected chi connectivity index (χ2v) is 5.58. The molecular weight excluding hydrogens is 240 g/mol. The first-order chi connectivity index (χ1) is 9.19. The van der Waals surface area contributed by atoms with Gasteiger partial charge in [-0.05, 0) is 25.0 Å². The zero-order valence-electron chi connectivity index (χ0n) is 11.4. The van der Waals surface area contributed by atoms with Gasteiger partial charge in [0.2, 0.25) is 0 Å². The van der Waals surface area contributed by atoms with E-state index >= 15 is 0 Å². The summed E-state index contributed by atoms with van der Waals surface area (Å²) in [6.45, 7) is 5.95. The third-order valence-corrected chi connectivity index (χ3v) is 3.98. The van der Waals surface area contributed by atoms with Crippen molar-refractivity contribution in [3.63, 3.8) is 0 Å². The zero-order valence-corrected chi connectivity index (χ0v) is 11.4. The lowest BCUT2D eigenvalue weighted by Gasteiger charge is -2.39. The van der Waals surface area contributed by atoms with Crippen molar-refractivity contribution in [2.24, 2.45) is 5.16 Å². The minimum absolute atomic E-state index is 0.106. The van der Waals surface area contributed by atoms with E-state index in [1.165, 1.54) is 11.1 Å². The maximum absolute atomic E-state index is 9.30. The summed E-state index contributed by atoms with van der Waals surface area (Å²) in [5, 5.41) is 12.8. The van der Waals surface area contributed by atoms with Gasteiger partial charge in [-0.1, -0.05) is 29.4 Å². The van der Waals surface area contributed by atoms with Gasteiger partial charge in [-0.25, -0.2) is 0 Å². The summed E-state index contributed by atoms with van der Waals surface area (Å²) in [4.78, 5) is 2.37. The standard InChI is InChI=1S/C15H20N2O2/c1-10-8-17(9-11(2)19-10)15-13-6-4-3-5-12(13)7-14(15)16-18/h3-6,10-11,15,18H,7-9H2,1-2H3/b16-14-. The van der Waals surface area contributed by atoms with Crippen molar-refractivity contribution in [2.75, 3.05) is 13.1 Å². The molecule has 1 aliphatic carbocycles. The first-order valence-electron chi connectivity index (χ1n) is 6.87. The maximum Gasteiger partial charge on any atom is 0.0831 e. The molecule has 3 rings (SSSR count). The number of morpholine rings is 1. The quantitative estimate of drug-likeness (QED) is 0.622. The van der Waals surface area contributed by atoms with Gasteiger partial charge in [0.1, 0.15) is 0 Å². The number of ether oxygens (including phenoxy) is 1. The van der Waals surface area contributed by atoms with E-state index < -0.39 is 0 Å². The average molecular weight is 260 g/mol. The van der Waals surface area contributed by atoms with Crippen LogP contribution in [0.5, 0.6) is 0 Å². The summed E-state index contributed by atoms with van der Waals surface area (Å²) in [6.07, 6.45) is 1.19. The van der Waals surface area contributed by atoms with Crippen molar-refractivity contribution < 1.29 is 9.94 Å². The molecule has 19 heavy (non-hydrogen) atoms. The zero-order chi connectivity index (χ0) is 13.4. The highest BCUT2D eigenvalue weighted by Gasteiger charge is 2.37. The molecule has 1 saturated heterocycles. The lowest BCUT2D eigenvalue weighted by atomic mass is 10.0. The van der Waals surface area contributed by atoms with Crippen LogP contribution in [0.3, 0.4) is 0 Å². The van der Waals surface area contributed by atoms with Crippen LogP contribution in [0.1, 0.15) is 31.0 Å². The van der Waals surface area contributed by atoms with Gasteiger partial charge in [-0.2, -0.15) is 0 Å². The molecule has 3 unspecified atom stereocenters. The number of hydrogen-bond donors (Lipinski definition) is 1. The monoisotopic (exact) mass is 260 g/mol. The summed E-state index contributed by atoms with van der Waals surface area (Å²) < 4.78 is 5.79. The molecule has 4 nitrogen and oxygen atoms in total. The van der Waals surface area contributed by atoms with Crippen LogP contribution in [0.25, 0.3) is 0 Å². The Kier molecular flexibility index (Phi) is 3.29. The van der Waals surface area contributed by atoms with E-state index in [9.17, 15) is 5.21 Å². The van der Waals surface area contributed by atoms with Gasteiger partial charge in [0.15, 0.2) is 0 Å². The largest absolute Gasteiger partial charge is 0.411 e. The van der Waals surface area contributed by atoms with Gasteiger partial charge in [-0.3, -0.25) is 4.90 Å². The predicted octanol–water partition coefficient (Wildman–Crippen LogP) is 2.22. The Balaban J connectivity index is 1.94. The van der Waals surface area contributed by atoms with Gasteiger partial charge in [0.05, 0.1) is 24.0 Å². The number of hydrogen-bond acceptors (Lipinski definition) is 4. The molecule has 4 heteroatoms. The van der Waals surface area contributed by atoms with Crippen molar-refractivity contribution in [1.29, 1.82) is 0 Å². The van der Waals surface area contributed by atoms with Crippen LogP contribution in [0.4, 0.5) is 0 Å². The molecule has 1 aromatic carbocycles. The molecule has 0 bridgehead atoms. The van der Waals surface area contributed by atoms with Crippen LogP contribution in [0.2, 0.25) is 0 Å². The van der Waals surface area contributed by atoms with Gasteiger partial charge in [0.25, 0.3) is 0 Å². The minimum atomic E-state index is 0.106. The molecule has 1 heterocycles. The fourth-order valence-electron chi connectivity index (χ4n) is 3.36. The third kappa shape index (κ3) is 2.26. The van der Waals surface area contributed by atoms with E-state index in [1.807, 2.05) is 6.07 Å². The van der Waals surface area contributed by atoms with E-state index in [4.69, 9.17) is 4.74 Å². The summed E-state index contributed by atoms with van der Waals surface area (Å²) in [7, 11) is 0. The van der Waals surface area contributed by atoms with Crippen LogP contribution >= 0.6 is 0 Å². The van der Waals surface area contributed by atoms with Gasteiger partial charge < -0.3 is 9.94 Å². The Labute approximate surface area is 113 Å². The fraction of sp³-hybridized carbons (Fsp3) is 0.533. The summed E-state index contributed by atoms with van der Waals surface area (Å²) in [5.74, 6) is 0. The predicted molar refractivity (Wildman–Crippen MR) is 73.7 cm³/mol. The Morgan fingerprint density at radius 2 is 1.89 bits per heavy atom. The molecule has 3 atom stereocenters. The van der Waals surface area contributed by atoms with Crippen LogP contribution in [0.15, 0.2) is 29.4 Å². The van der Waals surface area contributed by atoms with Crippen molar-refractivity contribution in [3.05, 3.63) is 35.4 Å². The van der Waals surface area contributed by atoms with Gasteiger partial charge >= 0.3 is 0 Å². The van der Waals surface area contributed by atoms with Crippen molar-refractivity contribution in [1.82, 2.24) is 4.90 Å². The Hall–Kier alpha value is -1.39. The van der Waals surface area contributed by atoms with Crippen molar-refractivity contribution in [3.8, 4) is 0 Å². The van der Waals surface area contributed by atoms with Crippen LogP contribution < -0.4 is 0 Å². The highest BCUT2D eigenvalue weighted by atomic mass is 16.5. The normalized spacial score (nSPS) is 33.6. The van der Waals surface area contributed by atoms with Gasteiger partial charge in [0, 0.05) is 19.5 Å². The lowest BCUT2D eigenvalue weighted by Crippen LogP contribution is -2.48. The van der Waals surface area contributed by atoms with Crippen LogP contribution in [-0.4, -0.2) is 41.1 Å². The number of oxime groups is 1. The molecule has 102 valence electrons. The molecule has 1 aliphatic heterocycles. The van der Waals surface area contributed by atoms with E-state index in [1.54, 1.807) is 0 Å². The Morgan fingerprint density at radius 1 is 1.21 bits per heavy atom. The van der Waals surface area contributed by atoms with Gasteiger partial charge in [-0.15, -0.1) is 0 Å².